The highest BCUT2D eigenvalue weighted by atomic mass is 32.2. The van der Waals surface area contributed by atoms with E-state index in [1.165, 1.54) is 11.8 Å². The van der Waals surface area contributed by atoms with Crippen molar-refractivity contribution >= 4 is 40.4 Å². The fourth-order valence-corrected chi connectivity index (χ4v) is 6.12. The highest BCUT2D eigenvalue weighted by molar-refractivity contribution is 7.99. The molecule has 35 heavy (non-hydrogen) atoms. The van der Waals surface area contributed by atoms with E-state index in [9.17, 15) is 9.59 Å². The first-order chi connectivity index (χ1) is 16.8. The molecule has 7 nitrogen and oxygen atoms in total. The molecular formula is C27H30N5O2S+. The maximum Gasteiger partial charge on any atom is 0.429 e. The number of rotatable bonds is 5. The molecule has 1 aliphatic heterocycles. The van der Waals surface area contributed by atoms with Gasteiger partial charge in [0.05, 0.1) is 29.0 Å². The molecule has 3 heterocycles. The number of nitrogens with zero attached hydrogens (tertiary/aromatic N) is 4. The van der Waals surface area contributed by atoms with Crippen molar-refractivity contribution in [1.82, 2.24) is 14.1 Å². The molecule has 8 heteroatoms. The summed E-state index contributed by atoms with van der Waals surface area (Å²) in [5.41, 5.74) is 2.96. The number of aromatic nitrogens is 3. The molecule has 2 aromatic carbocycles. The standard InChI is InChI=1S/C27H29N5O2S/c1-27(2)15-10-18-32(27,24(33)19-35-25-28-20-11-4-6-13-22(20)30(25)3)26(34)29-21-12-5-7-14-23(21)31-16-8-9-17-31/h4-9,11-14,16-17H,10,15,18-19H2,1-3H3/p+1. The third-order valence-corrected chi connectivity index (χ3v) is 8.20. The minimum atomic E-state index is -0.504. The molecule has 0 bridgehead atoms. The number of hydrogen-bond donors (Lipinski definition) is 1. The summed E-state index contributed by atoms with van der Waals surface area (Å²) in [6.07, 6.45) is 5.51. The number of amides is 3. The van der Waals surface area contributed by atoms with Crippen molar-refractivity contribution < 1.29 is 14.1 Å². The van der Waals surface area contributed by atoms with Crippen LogP contribution in [0.5, 0.6) is 0 Å². The van der Waals surface area contributed by atoms with Gasteiger partial charge < -0.3 is 9.13 Å². The lowest BCUT2D eigenvalue weighted by Gasteiger charge is -2.39. The molecule has 1 saturated heterocycles. The molecule has 2 aromatic heterocycles. The Morgan fingerprint density at radius 1 is 1.06 bits per heavy atom. The summed E-state index contributed by atoms with van der Waals surface area (Å²) >= 11 is 1.39. The smallest absolute Gasteiger partial charge is 0.322 e. The number of urea groups is 1. The van der Waals surface area contributed by atoms with E-state index >= 15 is 0 Å². The van der Waals surface area contributed by atoms with E-state index in [2.05, 4.69) is 10.3 Å². The van der Waals surface area contributed by atoms with E-state index in [1.807, 2.05) is 103 Å². The zero-order valence-corrected chi connectivity index (χ0v) is 21.1. The van der Waals surface area contributed by atoms with Gasteiger partial charge in [-0.1, -0.05) is 36.0 Å². The van der Waals surface area contributed by atoms with Gasteiger partial charge in [-0.05, 0) is 50.2 Å². The summed E-state index contributed by atoms with van der Waals surface area (Å²) in [5.74, 6) is 0.0771. The molecule has 4 aromatic rings. The number of carbonyl (C=O) groups excluding carboxylic acids is 2. The first-order valence-electron chi connectivity index (χ1n) is 11.8. The molecule has 1 N–H and O–H groups in total. The van der Waals surface area contributed by atoms with Crippen LogP contribution in [0.15, 0.2) is 78.2 Å². The number of thioether (sulfide) groups is 1. The van der Waals surface area contributed by atoms with Crippen LogP contribution in [0.4, 0.5) is 10.5 Å². The Labute approximate surface area is 209 Å². The molecule has 3 amide bonds. The van der Waals surface area contributed by atoms with Crippen LogP contribution >= 0.6 is 11.8 Å². The quantitative estimate of drug-likeness (QED) is 0.293. The van der Waals surface area contributed by atoms with E-state index in [4.69, 9.17) is 0 Å². The maximum atomic E-state index is 13.9. The SMILES string of the molecule is Cn1c(SCC(=O)[N+]2(C(=O)Nc3ccccc3-n3cccc3)CCCC2(C)C)nc2ccccc21. The molecule has 0 aliphatic carbocycles. The molecule has 1 unspecified atom stereocenters. The van der Waals surface area contributed by atoms with Crippen molar-refractivity contribution in [3.63, 3.8) is 0 Å². The number of hydrogen-bond acceptors (Lipinski definition) is 4. The molecule has 1 aliphatic rings. The Kier molecular flexibility index (Phi) is 6.02. The summed E-state index contributed by atoms with van der Waals surface area (Å²) in [5, 5.41) is 3.88. The summed E-state index contributed by atoms with van der Waals surface area (Å²) in [4.78, 5) is 32.5. The first-order valence-corrected chi connectivity index (χ1v) is 12.8. The van der Waals surface area contributed by atoms with Gasteiger partial charge in [-0.2, -0.15) is 4.48 Å². The minimum Gasteiger partial charge on any atom is -0.322 e. The number of benzene rings is 2. The number of para-hydroxylation sites is 4. The second-order valence-electron chi connectivity index (χ2n) is 9.61. The normalized spacial score (nSPS) is 19.2. The average Bonchev–Trinajstić information content (AvgIpc) is 3.56. The molecule has 180 valence electrons. The van der Waals surface area contributed by atoms with E-state index in [0.717, 1.165) is 34.7 Å². The number of anilines is 1. The molecule has 5 rings (SSSR count). The number of quaternary nitrogens is 1. The van der Waals surface area contributed by atoms with Gasteiger partial charge in [-0.25, -0.2) is 14.6 Å². The van der Waals surface area contributed by atoms with Crippen molar-refractivity contribution in [3.8, 4) is 5.69 Å². The molecular weight excluding hydrogens is 458 g/mol. The first kappa shape index (κ1) is 23.4. The second-order valence-corrected chi connectivity index (χ2v) is 10.6. The lowest BCUT2D eigenvalue weighted by molar-refractivity contribution is -0.808. The maximum absolute atomic E-state index is 13.9. The predicted molar refractivity (Wildman–Crippen MR) is 140 cm³/mol. The van der Waals surface area contributed by atoms with Gasteiger partial charge in [0.25, 0.3) is 0 Å². The monoisotopic (exact) mass is 488 g/mol. The van der Waals surface area contributed by atoms with E-state index < -0.39 is 5.54 Å². The lowest BCUT2D eigenvalue weighted by atomic mass is 9.99. The van der Waals surface area contributed by atoms with Crippen LogP contribution in [0, 0.1) is 0 Å². The largest absolute Gasteiger partial charge is 0.429 e. The van der Waals surface area contributed by atoms with Gasteiger partial charge in [0.1, 0.15) is 11.3 Å². The molecule has 0 saturated carbocycles. The fourth-order valence-electron chi connectivity index (χ4n) is 5.19. The highest BCUT2D eigenvalue weighted by Crippen LogP contribution is 2.39. The Bertz CT molecular complexity index is 1390. The van der Waals surface area contributed by atoms with Gasteiger partial charge in [0.2, 0.25) is 0 Å². The minimum absolute atomic E-state index is 0.0968. The number of aryl methyl sites for hydroxylation is 1. The molecule has 1 atom stereocenters. The van der Waals surface area contributed by atoms with Crippen molar-refractivity contribution in [2.24, 2.45) is 7.05 Å². The Hall–Kier alpha value is -3.36. The van der Waals surface area contributed by atoms with Crippen molar-refractivity contribution in [1.29, 1.82) is 0 Å². The van der Waals surface area contributed by atoms with Gasteiger partial charge in [0, 0.05) is 32.3 Å². The Morgan fingerprint density at radius 2 is 1.77 bits per heavy atom. The van der Waals surface area contributed by atoms with Crippen LogP contribution in [0.3, 0.4) is 0 Å². The fraction of sp³-hybridized carbons (Fsp3) is 0.296. The van der Waals surface area contributed by atoms with Crippen molar-refractivity contribution in [2.45, 2.75) is 37.4 Å². The van der Waals surface area contributed by atoms with Crippen LogP contribution in [0.2, 0.25) is 0 Å². The zero-order chi connectivity index (χ0) is 24.6. The van der Waals surface area contributed by atoms with Gasteiger partial charge in [0.15, 0.2) is 5.16 Å². The number of imide groups is 1. The van der Waals surface area contributed by atoms with E-state index in [-0.39, 0.29) is 22.2 Å². The summed E-state index contributed by atoms with van der Waals surface area (Å²) in [6, 6.07) is 19.2. The third kappa shape index (κ3) is 3.96. The third-order valence-electron chi connectivity index (χ3n) is 7.19. The topological polar surface area (TPSA) is 68.9 Å². The summed E-state index contributed by atoms with van der Waals surface area (Å²) in [7, 11) is 1.96. The number of imidazole rings is 1. The van der Waals surface area contributed by atoms with Crippen molar-refractivity contribution in [3.05, 3.63) is 73.1 Å². The summed E-state index contributed by atoms with van der Waals surface area (Å²) < 4.78 is 3.74. The van der Waals surface area contributed by atoms with Crippen LogP contribution in [0.25, 0.3) is 16.7 Å². The number of likely N-dealkylation sites (tertiary alicyclic amines) is 1. The van der Waals surface area contributed by atoms with Crippen molar-refractivity contribution in [2.75, 3.05) is 17.6 Å². The van der Waals surface area contributed by atoms with Gasteiger partial charge in [-0.15, -0.1) is 0 Å². The Balaban J connectivity index is 1.43. The number of nitrogens with one attached hydrogen (secondary N) is 1. The zero-order valence-electron chi connectivity index (χ0n) is 20.3. The van der Waals surface area contributed by atoms with Crippen LogP contribution in [-0.2, 0) is 11.8 Å². The lowest BCUT2D eigenvalue weighted by Crippen LogP contribution is -2.66. The van der Waals surface area contributed by atoms with E-state index in [1.54, 1.807) is 0 Å². The molecule has 0 radical (unpaired) electrons. The second kappa shape index (κ2) is 9.02. The average molecular weight is 489 g/mol. The van der Waals surface area contributed by atoms with Crippen LogP contribution in [-0.4, -0.2) is 48.4 Å². The van der Waals surface area contributed by atoms with E-state index in [0.29, 0.717) is 12.2 Å². The number of fused-ring (bicyclic) bond motifs is 1. The van der Waals surface area contributed by atoms with Gasteiger partial charge in [-0.3, -0.25) is 5.32 Å². The summed E-state index contributed by atoms with van der Waals surface area (Å²) in [6.45, 7) is 4.54. The van der Waals surface area contributed by atoms with Gasteiger partial charge >= 0.3 is 11.9 Å². The molecule has 1 fully saturated rings. The van der Waals surface area contributed by atoms with Crippen LogP contribution < -0.4 is 5.32 Å². The number of carbonyl (C=O) groups is 2. The predicted octanol–water partition coefficient (Wildman–Crippen LogP) is 5.60. The molecule has 0 spiro atoms. The van der Waals surface area contributed by atoms with Crippen LogP contribution in [0.1, 0.15) is 26.7 Å². The Morgan fingerprint density at radius 3 is 2.49 bits per heavy atom. The highest BCUT2D eigenvalue weighted by Gasteiger charge is 2.59.